The molecule has 1 aliphatic heterocycles. The highest BCUT2D eigenvalue weighted by molar-refractivity contribution is 5.69. The first-order valence-corrected chi connectivity index (χ1v) is 10.5. The molecule has 6 heteroatoms. The lowest BCUT2D eigenvalue weighted by molar-refractivity contribution is 0.217. The van der Waals surface area contributed by atoms with Crippen LogP contribution in [0, 0.1) is 11.3 Å². The van der Waals surface area contributed by atoms with Gasteiger partial charge in [-0.3, -0.25) is 5.43 Å². The largest absolute Gasteiger partial charge is 0.456 e. The Hall–Kier alpha value is -3.92. The van der Waals surface area contributed by atoms with E-state index in [1.165, 1.54) is 5.56 Å². The van der Waals surface area contributed by atoms with Crippen LogP contribution in [-0.4, -0.2) is 21.6 Å². The first-order chi connectivity index (χ1) is 15.7. The number of fused-ring (bicyclic) bond motifs is 7. The molecule has 0 unspecified atom stereocenters. The predicted octanol–water partition coefficient (Wildman–Crippen LogP) is 4.71. The Morgan fingerprint density at radius 2 is 1.94 bits per heavy atom. The van der Waals surface area contributed by atoms with Crippen LogP contribution >= 0.6 is 0 Å². The van der Waals surface area contributed by atoms with Crippen LogP contribution in [0.25, 0.3) is 11.1 Å². The van der Waals surface area contributed by atoms with Gasteiger partial charge >= 0.3 is 0 Å². The molecule has 1 aromatic heterocycles. The van der Waals surface area contributed by atoms with Crippen molar-refractivity contribution < 1.29 is 4.74 Å². The van der Waals surface area contributed by atoms with Gasteiger partial charge < -0.3 is 9.30 Å². The Kier molecular flexibility index (Phi) is 5.42. The number of rotatable bonds is 0. The van der Waals surface area contributed by atoms with Crippen molar-refractivity contribution in [1.82, 2.24) is 20.0 Å². The molecule has 4 aromatic rings. The first-order valence-electron chi connectivity index (χ1n) is 10.5. The van der Waals surface area contributed by atoms with E-state index in [9.17, 15) is 5.26 Å². The van der Waals surface area contributed by atoms with Crippen LogP contribution in [0.5, 0.6) is 11.5 Å². The number of nitrogens with zero attached hydrogens (tertiary/aromatic N) is 4. The number of aromatic nitrogens is 2. The third-order valence-corrected chi connectivity index (χ3v) is 5.65. The van der Waals surface area contributed by atoms with Gasteiger partial charge in [-0.1, -0.05) is 42.5 Å². The molecule has 6 nitrogen and oxygen atoms in total. The van der Waals surface area contributed by atoms with E-state index in [4.69, 9.17) is 4.74 Å². The number of nitrogens with one attached hydrogen (secondary N) is 1. The summed E-state index contributed by atoms with van der Waals surface area (Å²) in [6.45, 7) is 2.05. The molecule has 5 rings (SSSR count). The molecule has 0 atom stereocenters. The van der Waals surface area contributed by atoms with E-state index in [1.54, 1.807) is 0 Å². The van der Waals surface area contributed by atoms with E-state index < -0.39 is 0 Å². The Bertz CT molecular complexity index is 1300. The standard InChI is InChI=1S/C26H23N5O/c1-30-17-23-15-28-18-31(23)16-19-9-10-21(13-27)26(11-19)32-24-7-4-6-20(12-24)25-8-3-2-5-22(25)14-29-30/h2-12,15,18,29H,14,16-17H2,1H3. The normalized spacial score (nSPS) is 14.0. The van der Waals surface area contributed by atoms with Gasteiger partial charge in [0.25, 0.3) is 0 Å². The van der Waals surface area contributed by atoms with Crippen LogP contribution in [0.15, 0.2) is 79.3 Å². The number of ether oxygens (including phenoxy) is 1. The minimum atomic E-state index is 0.510. The van der Waals surface area contributed by atoms with Crippen molar-refractivity contribution in [3.05, 3.63) is 102 Å². The fourth-order valence-electron chi connectivity index (χ4n) is 3.99. The van der Waals surface area contributed by atoms with Gasteiger partial charge in [0.1, 0.15) is 17.6 Å². The van der Waals surface area contributed by atoms with Crippen LogP contribution < -0.4 is 10.2 Å². The lowest BCUT2D eigenvalue weighted by atomic mass is 9.99. The van der Waals surface area contributed by atoms with Crippen LogP contribution in [-0.2, 0) is 19.6 Å². The summed E-state index contributed by atoms with van der Waals surface area (Å²) < 4.78 is 8.33. The van der Waals surface area contributed by atoms with E-state index in [0.717, 1.165) is 22.4 Å². The minimum absolute atomic E-state index is 0.510. The zero-order valence-corrected chi connectivity index (χ0v) is 17.8. The number of benzene rings is 3. The monoisotopic (exact) mass is 421 g/mol. The van der Waals surface area contributed by atoms with Crippen molar-refractivity contribution in [2.45, 2.75) is 19.6 Å². The Balaban J connectivity index is 1.62. The SMILES string of the molecule is CN1Cc2cncn2Cc2ccc(C#N)c(c2)Oc2cccc(c2)-c2ccccc2CN1. The summed E-state index contributed by atoms with van der Waals surface area (Å²) in [7, 11) is 2.04. The van der Waals surface area contributed by atoms with E-state index in [1.807, 2.05) is 62.0 Å². The number of hydrogen-bond acceptors (Lipinski definition) is 5. The van der Waals surface area contributed by atoms with Crippen LogP contribution in [0.2, 0.25) is 0 Å². The molecule has 0 spiro atoms. The molecule has 1 N–H and O–H groups in total. The summed E-state index contributed by atoms with van der Waals surface area (Å²) >= 11 is 0. The molecule has 32 heavy (non-hydrogen) atoms. The van der Waals surface area contributed by atoms with Crippen LogP contribution in [0.4, 0.5) is 0 Å². The molecule has 158 valence electrons. The van der Waals surface area contributed by atoms with E-state index in [0.29, 0.717) is 36.7 Å². The third-order valence-electron chi connectivity index (χ3n) is 5.65. The molecule has 0 amide bonds. The van der Waals surface area contributed by atoms with Gasteiger partial charge in [0, 0.05) is 26.3 Å². The first kappa shape index (κ1) is 20.0. The van der Waals surface area contributed by atoms with Gasteiger partial charge in [0.15, 0.2) is 0 Å². The molecule has 4 bridgehead atoms. The molecule has 0 saturated carbocycles. The summed E-state index contributed by atoms with van der Waals surface area (Å²) in [6.07, 6.45) is 3.73. The van der Waals surface area contributed by atoms with Crippen molar-refractivity contribution in [3.63, 3.8) is 0 Å². The third kappa shape index (κ3) is 4.12. The smallest absolute Gasteiger partial charge is 0.145 e. The van der Waals surface area contributed by atoms with Crippen LogP contribution in [0.1, 0.15) is 22.4 Å². The highest BCUT2D eigenvalue weighted by Crippen LogP contribution is 2.31. The molecule has 2 heterocycles. The Labute approximate surface area is 187 Å². The highest BCUT2D eigenvalue weighted by Gasteiger charge is 2.13. The van der Waals surface area contributed by atoms with Gasteiger partial charge in [-0.15, -0.1) is 0 Å². The molecule has 0 fully saturated rings. The van der Waals surface area contributed by atoms with Gasteiger partial charge in [-0.2, -0.15) is 5.26 Å². The molecule has 0 saturated heterocycles. The van der Waals surface area contributed by atoms with Crippen molar-refractivity contribution in [2.24, 2.45) is 0 Å². The molecule has 3 aromatic carbocycles. The van der Waals surface area contributed by atoms with Gasteiger partial charge in [0.2, 0.25) is 0 Å². The van der Waals surface area contributed by atoms with Crippen LogP contribution in [0.3, 0.4) is 0 Å². The zero-order chi connectivity index (χ0) is 21.9. The second-order valence-corrected chi connectivity index (χ2v) is 7.93. The Morgan fingerprint density at radius 1 is 1.03 bits per heavy atom. The lowest BCUT2D eigenvalue weighted by Gasteiger charge is -2.21. The zero-order valence-electron chi connectivity index (χ0n) is 17.8. The molecule has 0 aliphatic carbocycles. The maximum atomic E-state index is 9.61. The summed E-state index contributed by atoms with van der Waals surface area (Å²) in [5, 5.41) is 11.7. The molecular formula is C26H23N5O. The average molecular weight is 422 g/mol. The van der Waals surface area contributed by atoms with E-state index in [2.05, 4.69) is 50.3 Å². The van der Waals surface area contributed by atoms with Crippen molar-refractivity contribution in [3.8, 4) is 28.7 Å². The minimum Gasteiger partial charge on any atom is -0.456 e. The topological polar surface area (TPSA) is 66.1 Å². The predicted molar refractivity (Wildman–Crippen MR) is 123 cm³/mol. The summed E-state index contributed by atoms with van der Waals surface area (Å²) in [5.74, 6) is 1.26. The number of hydrogen-bond donors (Lipinski definition) is 1. The van der Waals surface area contributed by atoms with E-state index >= 15 is 0 Å². The second kappa shape index (κ2) is 8.67. The molecular weight excluding hydrogens is 398 g/mol. The Morgan fingerprint density at radius 3 is 2.84 bits per heavy atom. The fraction of sp³-hybridized carbons (Fsp3) is 0.154. The number of hydrazine groups is 1. The molecule has 1 aliphatic rings. The fourth-order valence-corrected chi connectivity index (χ4v) is 3.99. The van der Waals surface area contributed by atoms with Gasteiger partial charge in [-0.25, -0.2) is 9.99 Å². The number of nitriles is 1. The maximum absolute atomic E-state index is 9.61. The second-order valence-electron chi connectivity index (χ2n) is 7.93. The quantitative estimate of drug-likeness (QED) is 0.445. The number of imidazole rings is 1. The molecule has 0 radical (unpaired) electrons. The van der Waals surface area contributed by atoms with Gasteiger partial charge in [0.05, 0.1) is 24.1 Å². The van der Waals surface area contributed by atoms with Crippen molar-refractivity contribution >= 4 is 0 Å². The maximum Gasteiger partial charge on any atom is 0.145 e. The van der Waals surface area contributed by atoms with Gasteiger partial charge in [-0.05, 0) is 46.5 Å². The summed E-state index contributed by atoms with van der Waals surface area (Å²) in [6, 6.07) is 24.3. The summed E-state index contributed by atoms with van der Waals surface area (Å²) in [5.41, 5.74) is 9.56. The van der Waals surface area contributed by atoms with Crippen molar-refractivity contribution in [2.75, 3.05) is 7.05 Å². The highest BCUT2D eigenvalue weighted by atomic mass is 16.5. The summed E-state index contributed by atoms with van der Waals surface area (Å²) in [4.78, 5) is 4.35. The van der Waals surface area contributed by atoms with E-state index in [-0.39, 0.29) is 0 Å². The lowest BCUT2D eigenvalue weighted by Crippen LogP contribution is -2.34. The average Bonchev–Trinajstić information content (AvgIpc) is 3.24. The van der Waals surface area contributed by atoms with Crippen molar-refractivity contribution in [1.29, 1.82) is 5.26 Å².